The van der Waals surface area contributed by atoms with Gasteiger partial charge >= 0.3 is 6.18 Å². The Morgan fingerprint density at radius 1 is 1.22 bits per heavy atom. The molecule has 0 saturated heterocycles. The molecule has 3 rings (SSSR count). The summed E-state index contributed by atoms with van der Waals surface area (Å²) >= 11 is 1.40. The number of carbonyl (C=O) groups excluding carboxylic acids is 1. The second-order valence-corrected chi connectivity index (χ2v) is 8.67. The zero-order valence-electron chi connectivity index (χ0n) is 17.8. The summed E-state index contributed by atoms with van der Waals surface area (Å²) in [5.74, 6) is -0.401. The zero-order chi connectivity index (χ0) is 23.5. The maximum atomic E-state index is 12.6. The van der Waals surface area contributed by atoms with E-state index in [4.69, 9.17) is 5.41 Å². The summed E-state index contributed by atoms with van der Waals surface area (Å²) in [5.41, 5.74) is 1.55. The van der Waals surface area contributed by atoms with Crippen LogP contribution in [0.1, 0.15) is 29.5 Å². The molecule has 1 aromatic heterocycles. The number of halogens is 3. The van der Waals surface area contributed by atoms with E-state index >= 15 is 0 Å². The standard InChI is InChI=1S/C23H23F3N4OS/c1-14(30(2)3)12-18(27)22-29-19-10-9-17(13-20(19)32-22)28-21(31)11-6-15-4-7-16(8-5-15)23(24,25)26/h4-11,13-14,27H,12H2,1-3H3,(H,28,31). The van der Waals surface area contributed by atoms with Crippen LogP contribution in [0, 0.1) is 5.41 Å². The predicted molar refractivity (Wildman–Crippen MR) is 123 cm³/mol. The summed E-state index contributed by atoms with van der Waals surface area (Å²) in [6.45, 7) is 2.05. The Labute approximate surface area is 188 Å². The normalized spacial score (nSPS) is 13.1. The van der Waals surface area contributed by atoms with E-state index in [1.165, 1.54) is 35.6 Å². The molecule has 0 fully saturated rings. The number of nitrogens with zero attached hydrogens (tertiary/aromatic N) is 2. The molecule has 0 saturated carbocycles. The maximum Gasteiger partial charge on any atom is 0.416 e. The Bertz CT molecular complexity index is 1150. The number of nitrogens with one attached hydrogen (secondary N) is 2. The molecule has 1 atom stereocenters. The monoisotopic (exact) mass is 460 g/mol. The molecular weight excluding hydrogens is 437 g/mol. The summed E-state index contributed by atoms with van der Waals surface area (Å²) < 4.78 is 38.7. The van der Waals surface area contributed by atoms with Crippen molar-refractivity contribution in [2.45, 2.75) is 25.6 Å². The van der Waals surface area contributed by atoms with Crippen molar-refractivity contribution in [3.8, 4) is 0 Å². The first-order valence-corrected chi connectivity index (χ1v) is 10.7. The topological polar surface area (TPSA) is 69.1 Å². The number of rotatable bonds is 7. The summed E-state index contributed by atoms with van der Waals surface area (Å²) in [7, 11) is 3.94. The summed E-state index contributed by atoms with van der Waals surface area (Å²) in [6.07, 6.45) is -1.09. The molecule has 1 heterocycles. The van der Waals surface area contributed by atoms with Crippen LogP contribution < -0.4 is 5.32 Å². The Kier molecular flexibility index (Phi) is 7.10. The Morgan fingerprint density at radius 3 is 2.53 bits per heavy atom. The molecule has 32 heavy (non-hydrogen) atoms. The Hall–Kier alpha value is -3.04. The first-order chi connectivity index (χ1) is 15.0. The van der Waals surface area contributed by atoms with Crippen LogP contribution in [0.3, 0.4) is 0 Å². The molecule has 0 bridgehead atoms. The van der Waals surface area contributed by atoms with Gasteiger partial charge in [-0.3, -0.25) is 4.79 Å². The smallest absolute Gasteiger partial charge is 0.322 e. The molecule has 5 nitrogen and oxygen atoms in total. The lowest BCUT2D eigenvalue weighted by atomic mass is 10.1. The molecule has 0 spiro atoms. The first kappa shape index (κ1) is 23.6. The minimum absolute atomic E-state index is 0.223. The number of amides is 1. The van der Waals surface area contributed by atoms with Crippen LogP contribution in [-0.2, 0) is 11.0 Å². The van der Waals surface area contributed by atoms with Crippen LogP contribution >= 0.6 is 11.3 Å². The maximum absolute atomic E-state index is 12.6. The average molecular weight is 461 g/mol. The van der Waals surface area contributed by atoms with Gasteiger partial charge in [-0.2, -0.15) is 13.2 Å². The van der Waals surface area contributed by atoms with E-state index in [0.29, 0.717) is 28.4 Å². The van der Waals surface area contributed by atoms with E-state index in [1.54, 1.807) is 18.2 Å². The van der Waals surface area contributed by atoms with E-state index in [0.717, 1.165) is 22.3 Å². The lowest BCUT2D eigenvalue weighted by Crippen LogP contribution is -2.27. The number of thiazole rings is 1. The van der Waals surface area contributed by atoms with Gasteiger partial charge in [-0.05, 0) is 63.0 Å². The highest BCUT2D eigenvalue weighted by Crippen LogP contribution is 2.29. The molecule has 0 aliphatic heterocycles. The molecule has 1 unspecified atom stereocenters. The van der Waals surface area contributed by atoms with Crippen molar-refractivity contribution in [2.24, 2.45) is 0 Å². The fourth-order valence-electron chi connectivity index (χ4n) is 2.84. The van der Waals surface area contributed by atoms with E-state index in [1.807, 2.05) is 25.9 Å². The van der Waals surface area contributed by atoms with Gasteiger partial charge in [-0.25, -0.2) is 4.98 Å². The molecule has 0 aliphatic carbocycles. The van der Waals surface area contributed by atoms with Crippen molar-refractivity contribution in [1.82, 2.24) is 9.88 Å². The van der Waals surface area contributed by atoms with E-state index < -0.39 is 17.6 Å². The van der Waals surface area contributed by atoms with Crippen molar-refractivity contribution in [2.75, 3.05) is 19.4 Å². The van der Waals surface area contributed by atoms with Gasteiger partial charge in [0, 0.05) is 24.2 Å². The van der Waals surface area contributed by atoms with Crippen LogP contribution in [0.4, 0.5) is 18.9 Å². The number of carbonyl (C=O) groups is 1. The van der Waals surface area contributed by atoms with Gasteiger partial charge in [0.1, 0.15) is 5.01 Å². The first-order valence-electron chi connectivity index (χ1n) is 9.84. The predicted octanol–water partition coefficient (Wildman–Crippen LogP) is 5.68. The van der Waals surface area contributed by atoms with Gasteiger partial charge in [0.05, 0.1) is 21.5 Å². The highest BCUT2D eigenvalue weighted by Gasteiger charge is 2.29. The largest absolute Gasteiger partial charge is 0.416 e. The molecular formula is C23H23F3N4OS. The average Bonchev–Trinajstić information content (AvgIpc) is 3.15. The third-order valence-electron chi connectivity index (χ3n) is 4.96. The van der Waals surface area contributed by atoms with Crippen LogP contribution in [0.2, 0.25) is 0 Å². The fourth-order valence-corrected chi connectivity index (χ4v) is 3.80. The Balaban J connectivity index is 1.66. The van der Waals surface area contributed by atoms with Gasteiger partial charge in [0.2, 0.25) is 5.91 Å². The quantitative estimate of drug-likeness (QED) is 0.352. The van der Waals surface area contributed by atoms with E-state index in [9.17, 15) is 18.0 Å². The number of hydrogen-bond donors (Lipinski definition) is 2. The van der Waals surface area contributed by atoms with Crippen molar-refractivity contribution in [3.05, 3.63) is 64.7 Å². The van der Waals surface area contributed by atoms with Gasteiger partial charge in [-0.15, -0.1) is 11.3 Å². The molecule has 168 valence electrons. The number of benzene rings is 2. The summed E-state index contributed by atoms with van der Waals surface area (Å²) in [4.78, 5) is 18.8. The number of aromatic nitrogens is 1. The minimum Gasteiger partial charge on any atom is -0.322 e. The second kappa shape index (κ2) is 9.62. The highest BCUT2D eigenvalue weighted by atomic mass is 32.1. The van der Waals surface area contributed by atoms with Gasteiger partial charge in [0.25, 0.3) is 0 Å². The van der Waals surface area contributed by atoms with E-state index in [2.05, 4.69) is 10.3 Å². The summed E-state index contributed by atoms with van der Waals surface area (Å²) in [6, 6.07) is 10.1. The SMILES string of the molecule is CC(CC(=N)c1nc2ccc(NC(=O)C=Cc3ccc(C(F)(F)F)cc3)cc2s1)N(C)C. The Morgan fingerprint density at radius 2 is 1.91 bits per heavy atom. The zero-order valence-corrected chi connectivity index (χ0v) is 18.6. The number of fused-ring (bicyclic) bond motifs is 1. The lowest BCUT2D eigenvalue weighted by Gasteiger charge is -2.19. The fraction of sp³-hybridized carbons (Fsp3) is 0.261. The molecule has 0 radical (unpaired) electrons. The van der Waals surface area contributed by atoms with Crippen LogP contribution in [0.25, 0.3) is 16.3 Å². The van der Waals surface area contributed by atoms with Crippen molar-refractivity contribution >= 4 is 44.9 Å². The molecule has 2 N–H and O–H groups in total. The minimum atomic E-state index is -4.39. The van der Waals surface area contributed by atoms with Crippen molar-refractivity contribution in [1.29, 1.82) is 5.41 Å². The van der Waals surface area contributed by atoms with Crippen LogP contribution in [0.15, 0.2) is 48.5 Å². The number of alkyl halides is 3. The van der Waals surface area contributed by atoms with Crippen molar-refractivity contribution < 1.29 is 18.0 Å². The molecule has 3 aromatic rings. The van der Waals surface area contributed by atoms with Crippen molar-refractivity contribution in [3.63, 3.8) is 0 Å². The van der Waals surface area contributed by atoms with E-state index in [-0.39, 0.29) is 6.04 Å². The van der Waals surface area contributed by atoms with Gasteiger partial charge < -0.3 is 15.6 Å². The highest BCUT2D eigenvalue weighted by molar-refractivity contribution is 7.20. The molecule has 9 heteroatoms. The van der Waals surface area contributed by atoms with Crippen LogP contribution in [0.5, 0.6) is 0 Å². The lowest BCUT2D eigenvalue weighted by molar-refractivity contribution is -0.137. The summed E-state index contributed by atoms with van der Waals surface area (Å²) in [5, 5.41) is 11.7. The van der Waals surface area contributed by atoms with Crippen LogP contribution in [-0.4, -0.2) is 41.6 Å². The molecule has 0 aliphatic rings. The molecule has 2 aromatic carbocycles. The number of anilines is 1. The molecule has 1 amide bonds. The second-order valence-electron chi connectivity index (χ2n) is 7.64. The third kappa shape index (κ3) is 6.02. The van der Waals surface area contributed by atoms with Gasteiger partial charge in [0.15, 0.2) is 0 Å². The number of hydrogen-bond acceptors (Lipinski definition) is 5. The third-order valence-corrected chi connectivity index (χ3v) is 6.04. The van der Waals surface area contributed by atoms with Gasteiger partial charge in [-0.1, -0.05) is 12.1 Å².